The number of non-ortho nitro benzene ring substituents is 1. The summed E-state index contributed by atoms with van der Waals surface area (Å²) in [5.74, 6) is 0. The molecule has 112 valence electrons. The third kappa shape index (κ3) is 2.77. The van der Waals surface area contributed by atoms with Crippen molar-refractivity contribution in [2.45, 2.75) is 13.8 Å². The van der Waals surface area contributed by atoms with Crippen LogP contribution in [0, 0.1) is 24.0 Å². The Bertz CT molecular complexity index is 862. The topological polar surface area (TPSA) is 104 Å². The van der Waals surface area contributed by atoms with E-state index in [1.54, 1.807) is 12.3 Å². The highest BCUT2D eigenvalue weighted by Gasteiger charge is 2.08. The average Bonchev–Trinajstić information content (AvgIpc) is 2.49. The quantitative estimate of drug-likeness (QED) is 0.568. The van der Waals surface area contributed by atoms with Gasteiger partial charge in [0.05, 0.1) is 16.1 Å². The number of rotatable bonds is 2. The number of benzene rings is 1. The molecule has 0 unspecified atom stereocenters. The summed E-state index contributed by atoms with van der Waals surface area (Å²) in [7, 11) is 0. The lowest BCUT2D eigenvalue weighted by atomic mass is 10.1. The number of hydrogen-bond donors (Lipinski definition) is 1. The van der Waals surface area contributed by atoms with E-state index in [2.05, 4.69) is 9.97 Å². The molecule has 6 nitrogen and oxygen atoms in total. The largest absolute Gasteiger partial charge is 0.344 e. The van der Waals surface area contributed by atoms with Gasteiger partial charge in [0.15, 0.2) is 0 Å². The van der Waals surface area contributed by atoms with Crippen LogP contribution in [0.25, 0.3) is 22.2 Å². The van der Waals surface area contributed by atoms with Crippen molar-refractivity contribution < 1.29 is 4.92 Å². The fourth-order valence-corrected chi connectivity index (χ4v) is 2.17. The number of hydrogen-bond acceptors (Lipinski definition) is 5. The van der Waals surface area contributed by atoms with Crippen LogP contribution in [0.15, 0.2) is 42.6 Å². The number of aryl methyl sites for hydroxylation is 2. The monoisotopic (exact) mass is 296 g/mol. The number of nitrogens with zero attached hydrogens (tertiary/aromatic N) is 3. The molecule has 1 aromatic carbocycles. The van der Waals surface area contributed by atoms with E-state index >= 15 is 0 Å². The first-order valence-electron chi connectivity index (χ1n) is 6.53. The lowest BCUT2D eigenvalue weighted by Gasteiger charge is -2.05. The Hall–Kier alpha value is -2.86. The van der Waals surface area contributed by atoms with Crippen LogP contribution >= 0.6 is 0 Å². The Labute approximate surface area is 127 Å². The van der Waals surface area contributed by atoms with Gasteiger partial charge in [-0.2, -0.15) is 0 Å². The van der Waals surface area contributed by atoms with Gasteiger partial charge in [0.25, 0.3) is 5.69 Å². The molecule has 0 aliphatic heterocycles. The normalized spacial score (nSPS) is 10.3. The Morgan fingerprint density at radius 1 is 1.09 bits per heavy atom. The van der Waals surface area contributed by atoms with E-state index in [9.17, 15) is 10.1 Å². The van der Waals surface area contributed by atoms with Gasteiger partial charge in [-0.05, 0) is 37.6 Å². The second-order valence-electron chi connectivity index (χ2n) is 4.96. The van der Waals surface area contributed by atoms with Gasteiger partial charge in [0.1, 0.15) is 0 Å². The lowest BCUT2D eigenvalue weighted by molar-refractivity contribution is -0.384. The minimum atomic E-state index is -0.402. The van der Waals surface area contributed by atoms with E-state index in [1.807, 2.05) is 32.0 Å². The molecule has 0 radical (unpaired) electrons. The first kappa shape index (κ1) is 15.5. The van der Waals surface area contributed by atoms with Crippen molar-refractivity contribution >= 4 is 16.6 Å². The standard InChI is InChI=1S/C16H13N3O2.H3N/c1-10-7-13(9-17-11(10)2)16-5-3-12-8-14(19(20)21)4-6-15(12)18-16;/h3-9H,1-2H3;1H3. The summed E-state index contributed by atoms with van der Waals surface area (Å²) in [5, 5.41) is 11.5. The van der Waals surface area contributed by atoms with Gasteiger partial charge in [0, 0.05) is 35.0 Å². The Balaban J connectivity index is 0.00000176. The second kappa shape index (κ2) is 5.87. The predicted octanol–water partition coefficient (Wildman–Crippen LogP) is 3.98. The summed E-state index contributed by atoms with van der Waals surface area (Å²) in [4.78, 5) is 19.3. The third-order valence-electron chi connectivity index (χ3n) is 3.52. The van der Waals surface area contributed by atoms with E-state index in [0.717, 1.165) is 33.4 Å². The molecule has 0 atom stereocenters. The molecule has 0 spiro atoms. The molecular formula is C16H16N4O2. The minimum Gasteiger partial charge on any atom is -0.344 e. The van der Waals surface area contributed by atoms with Crippen molar-refractivity contribution in [3.8, 4) is 11.3 Å². The summed E-state index contributed by atoms with van der Waals surface area (Å²) in [5.41, 5.74) is 4.67. The van der Waals surface area contributed by atoms with Crippen LogP contribution < -0.4 is 6.15 Å². The summed E-state index contributed by atoms with van der Waals surface area (Å²) in [6, 6.07) is 10.4. The van der Waals surface area contributed by atoms with Crippen molar-refractivity contribution in [1.82, 2.24) is 16.1 Å². The van der Waals surface area contributed by atoms with Crippen LogP contribution in [0.4, 0.5) is 5.69 Å². The van der Waals surface area contributed by atoms with E-state index < -0.39 is 4.92 Å². The smallest absolute Gasteiger partial charge is 0.270 e. The number of pyridine rings is 2. The molecule has 2 heterocycles. The van der Waals surface area contributed by atoms with Crippen molar-refractivity contribution in [2.75, 3.05) is 0 Å². The van der Waals surface area contributed by atoms with Crippen molar-refractivity contribution in [3.05, 3.63) is 64.0 Å². The van der Waals surface area contributed by atoms with Crippen LogP contribution in [0.3, 0.4) is 0 Å². The summed E-state index contributed by atoms with van der Waals surface area (Å²) in [6.07, 6.45) is 1.79. The Morgan fingerprint density at radius 2 is 1.86 bits per heavy atom. The average molecular weight is 296 g/mol. The van der Waals surface area contributed by atoms with E-state index in [1.165, 1.54) is 12.1 Å². The molecule has 3 N–H and O–H groups in total. The zero-order valence-electron chi connectivity index (χ0n) is 12.4. The Kier molecular flexibility index (Phi) is 4.14. The van der Waals surface area contributed by atoms with E-state index in [4.69, 9.17) is 0 Å². The van der Waals surface area contributed by atoms with Gasteiger partial charge in [0.2, 0.25) is 0 Å². The van der Waals surface area contributed by atoms with Gasteiger partial charge in [-0.25, -0.2) is 4.98 Å². The molecule has 0 aliphatic rings. The molecule has 0 amide bonds. The highest BCUT2D eigenvalue weighted by Crippen LogP contribution is 2.24. The molecule has 6 heteroatoms. The summed E-state index contributed by atoms with van der Waals surface area (Å²) in [6.45, 7) is 3.97. The molecule has 2 aromatic heterocycles. The highest BCUT2D eigenvalue weighted by atomic mass is 16.6. The first-order valence-corrected chi connectivity index (χ1v) is 6.53. The molecule has 0 aliphatic carbocycles. The molecule has 3 aromatic rings. The van der Waals surface area contributed by atoms with Crippen LogP contribution in [0.1, 0.15) is 11.3 Å². The molecule has 0 fully saturated rings. The van der Waals surface area contributed by atoms with Gasteiger partial charge < -0.3 is 6.15 Å². The third-order valence-corrected chi connectivity index (χ3v) is 3.52. The maximum absolute atomic E-state index is 10.8. The zero-order valence-corrected chi connectivity index (χ0v) is 12.4. The van der Waals surface area contributed by atoms with E-state index in [0.29, 0.717) is 0 Å². The molecular weight excluding hydrogens is 280 g/mol. The highest BCUT2D eigenvalue weighted by molar-refractivity contribution is 5.83. The maximum atomic E-state index is 10.8. The van der Waals surface area contributed by atoms with Crippen molar-refractivity contribution in [2.24, 2.45) is 0 Å². The zero-order chi connectivity index (χ0) is 15.0. The Morgan fingerprint density at radius 3 is 2.55 bits per heavy atom. The van der Waals surface area contributed by atoms with Gasteiger partial charge in [-0.1, -0.05) is 6.07 Å². The van der Waals surface area contributed by atoms with Gasteiger partial charge in [-0.15, -0.1) is 0 Å². The van der Waals surface area contributed by atoms with Crippen LogP contribution in [0.2, 0.25) is 0 Å². The first-order chi connectivity index (χ1) is 10.0. The fraction of sp³-hybridized carbons (Fsp3) is 0.125. The molecule has 3 rings (SSSR count). The lowest BCUT2D eigenvalue weighted by Crippen LogP contribution is -1.92. The van der Waals surface area contributed by atoms with Crippen LogP contribution in [0.5, 0.6) is 0 Å². The molecule has 22 heavy (non-hydrogen) atoms. The molecule has 0 saturated carbocycles. The van der Waals surface area contributed by atoms with Gasteiger partial charge >= 0.3 is 0 Å². The minimum absolute atomic E-state index is 0. The molecule has 0 saturated heterocycles. The van der Waals surface area contributed by atoms with Crippen LogP contribution in [-0.4, -0.2) is 14.9 Å². The SMILES string of the molecule is Cc1cc(-c2ccc3cc([N+](=O)[O-])ccc3n2)cnc1C.N. The van der Waals surface area contributed by atoms with Crippen molar-refractivity contribution in [1.29, 1.82) is 0 Å². The number of nitro groups is 1. The summed E-state index contributed by atoms with van der Waals surface area (Å²) < 4.78 is 0. The van der Waals surface area contributed by atoms with Crippen LogP contribution in [-0.2, 0) is 0 Å². The maximum Gasteiger partial charge on any atom is 0.270 e. The number of aromatic nitrogens is 2. The number of nitro benzene ring substituents is 1. The predicted molar refractivity (Wildman–Crippen MR) is 86.1 cm³/mol. The summed E-state index contributed by atoms with van der Waals surface area (Å²) >= 11 is 0. The fourth-order valence-electron chi connectivity index (χ4n) is 2.17. The van der Waals surface area contributed by atoms with Crippen molar-refractivity contribution in [3.63, 3.8) is 0 Å². The molecule has 0 bridgehead atoms. The number of fused-ring (bicyclic) bond motifs is 1. The second-order valence-corrected chi connectivity index (χ2v) is 4.96. The van der Waals surface area contributed by atoms with E-state index in [-0.39, 0.29) is 11.8 Å². The van der Waals surface area contributed by atoms with Gasteiger partial charge in [-0.3, -0.25) is 15.1 Å².